The Morgan fingerprint density at radius 3 is 2.63 bits per heavy atom. The van der Waals surface area contributed by atoms with E-state index in [2.05, 4.69) is 29.1 Å². The topological polar surface area (TPSA) is 12.0 Å². The number of hydrogen-bond donors (Lipinski definition) is 1. The van der Waals surface area contributed by atoms with Crippen LogP contribution in [0.5, 0.6) is 0 Å². The van der Waals surface area contributed by atoms with Crippen molar-refractivity contribution < 1.29 is 4.39 Å². The lowest BCUT2D eigenvalue weighted by molar-refractivity contribution is 0.498. The third-order valence-electron chi connectivity index (χ3n) is 3.21. The summed E-state index contributed by atoms with van der Waals surface area (Å²) in [5.74, 6) is -0.171. The van der Waals surface area contributed by atoms with Crippen molar-refractivity contribution in [3.8, 4) is 0 Å². The Morgan fingerprint density at radius 2 is 2.00 bits per heavy atom. The molecular weight excluding hydrogens is 257 g/mol. The summed E-state index contributed by atoms with van der Waals surface area (Å²) in [5.41, 5.74) is 2.56. The number of thiophene rings is 1. The largest absolute Gasteiger partial charge is 0.310 e. The third kappa shape index (κ3) is 4.44. The number of rotatable bonds is 7. The molecule has 0 aliphatic carbocycles. The molecule has 1 nitrogen and oxygen atoms in total. The van der Waals surface area contributed by atoms with Gasteiger partial charge in [0, 0.05) is 6.04 Å². The fourth-order valence-corrected chi connectivity index (χ4v) is 2.85. The van der Waals surface area contributed by atoms with E-state index in [4.69, 9.17) is 0 Å². The van der Waals surface area contributed by atoms with Crippen molar-refractivity contribution in [1.29, 1.82) is 0 Å². The lowest BCUT2D eigenvalue weighted by atomic mass is 10.00. The maximum absolute atomic E-state index is 13.0. The van der Waals surface area contributed by atoms with Gasteiger partial charge in [-0.1, -0.05) is 19.1 Å². The van der Waals surface area contributed by atoms with Crippen LogP contribution < -0.4 is 5.32 Å². The highest BCUT2D eigenvalue weighted by atomic mass is 32.1. The quantitative estimate of drug-likeness (QED) is 0.782. The lowest BCUT2D eigenvalue weighted by Crippen LogP contribution is -2.22. The molecule has 0 saturated heterocycles. The predicted molar refractivity (Wildman–Crippen MR) is 80.1 cm³/mol. The van der Waals surface area contributed by atoms with E-state index in [-0.39, 0.29) is 5.82 Å². The van der Waals surface area contributed by atoms with Gasteiger partial charge in [0.1, 0.15) is 5.82 Å². The van der Waals surface area contributed by atoms with E-state index >= 15 is 0 Å². The fourth-order valence-electron chi connectivity index (χ4n) is 2.15. The second-order valence-electron chi connectivity index (χ2n) is 4.73. The van der Waals surface area contributed by atoms with Crippen LogP contribution in [0.25, 0.3) is 0 Å². The van der Waals surface area contributed by atoms with Crippen molar-refractivity contribution >= 4 is 11.3 Å². The number of hydrogen-bond acceptors (Lipinski definition) is 2. The second kappa shape index (κ2) is 7.41. The average Bonchev–Trinajstić information content (AvgIpc) is 2.93. The average molecular weight is 277 g/mol. The number of nitrogens with one attached hydrogen (secondary N) is 1. The van der Waals surface area contributed by atoms with Gasteiger partial charge in [-0.25, -0.2) is 4.39 Å². The van der Waals surface area contributed by atoms with Crippen LogP contribution in [0, 0.1) is 5.82 Å². The Kier molecular flexibility index (Phi) is 5.55. The van der Waals surface area contributed by atoms with Crippen molar-refractivity contribution in [2.24, 2.45) is 0 Å². The van der Waals surface area contributed by atoms with Crippen molar-refractivity contribution in [2.45, 2.75) is 32.2 Å². The molecule has 1 unspecified atom stereocenters. The van der Waals surface area contributed by atoms with Gasteiger partial charge in [0.25, 0.3) is 0 Å². The molecule has 0 spiro atoms. The number of benzene rings is 1. The van der Waals surface area contributed by atoms with Crippen LogP contribution in [0.2, 0.25) is 0 Å². The Labute approximate surface area is 118 Å². The highest BCUT2D eigenvalue weighted by molar-refractivity contribution is 7.07. The first-order chi connectivity index (χ1) is 9.29. The maximum Gasteiger partial charge on any atom is 0.123 e. The summed E-state index contributed by atoms with van der Waals surface area (Å²) in [6, 6.07) is 9.33. The minimum atomic E-state index is -0.171. The summed E-state index contributed by atoms with van der Waals surface area (Å²) in [4.78, 5) is 0. The van der Waals surface area contributed by atoms with Gasteiger partial charge in [0.15, 0.2) is 0 Å². The summed E-state index contributed by atoms with van der Waals surface area (Å²) in [6.07, 6.45) is 3.21. The van der Waals surface area contributed by atoms with Gasteiger partial charge >= 0.3 is 0 Å². The highest BCUT2D eigenvalue weighted by Gasteiger charge is 2.11. The summed E-state index contributed by atoms with van der Waals surface area (Å²) in [7, 11) is 0. The van der Waals surface area contributed by atoms with E-state index in [0.29, 0.717) is 6.04 Å². The predicted octanol–water partition coefficient (Wildman–Crippen LogP) is 4.56. The van der Waals surface area contributed by atoms with E-state index in [1.54, 1.807) is 23.5 Å². The van der Waals surface area contributed by atoms with Crippen LogP contribution in [0.3, 0.4) is 0 Å². The minimum absolute atomic E-state index is 0.171. The third-order valence-corrected chi connectivity index (χ3v) is 3.95. The Hall–Kier alpha value is -1.19. The van der Waals surface area contributed by atoms with Crippen molar-refractivity contribution in [3.63, 3.8) is 0 Å². The normalized spacial score (nSPS) is 12.5. The zero-order valence-electron chi connectivity index (χ0n) is 11.2. The molecule has 1 N–H and O–H groups in total. The van der Waals surface area contributed by atoms with Gasteiger partial charge in [0.2, 0.25) is 0 Å². The standard InChI is InChI=1S/C16H20FNS/c1-2-10-18-16(8-3-13-9-11-19-12-13)14-4-6-15(17)7-5-14/h4-7,9,11-12,16,18H,2-3,8,10H2,1H3. The maximum atomic E-state index is 13.0. The van der Waals surface area contributed by atoms with Crippen LogP contribution in [0.15, 0.2) is 41.1 Å². The summed E-state index contributed by atoms with van der Waals surface area (Å²) in [6.45, 7) is 3.15. The van der Waals surface area contributed by atoms with E-state index in [1.807, 2.05) is 12.1 Å². The summed E-state index contributed by atoms with van der Waals surface area (Å²) < 4.78 is 13.0. The molecule has 2 aromatic rings. The zero-order valence-corrected chi connectivity index (χ0v) is 12.0. The summed E-state index contributed by atoms with van der Waals surface area (Å²) in [5, 5.41) is 7.86. The molecule has 102 valence electrons. The molecule has 0 fully saturated rings. The van der Waals surface area contributed by atoms with Crippen LogP contribution >= 0.6 is 11.3 Å². The molecule has 0 amide bonds. The first-order valence-electron chi connectivity index (χ1n) is 6.79. The lowest BCUT2D eigenvalue weighted by Gasteiger charge is -2.18. The SMILES string of the molecule is CCCNC(CCc1ccsc1)c1ccc(F)cc1. The van der Waals surface area contributed by atoms with E-state index < -0.39 is 0 Å². The molecular formula is C16H20FNS. The van der Waals surface area contributed by atoms with E-state index in [1.165, 1.54) is 11.1 Å². The molecule has 0 aliphatic rings. The molecule has 1 aromatic heterocycles. The van der Waals surface area contributed by atoms with Crippen LogP contribution in [0.1, 0.15) is 36.9 Å². The first kappa shape index (κ1) is 14.2. The molecule has 1 aromatic carbocycles. The fraction of sp³-hybridized carbons (Fsp3) is 0.375. The monoisotopic (exact) mass is 277 g/mol. The molecule has 0 aliphatic heterocycles. The van der Waals surface area contributed by atoms with E-state index in [0.717, 1.165) is 25.8 Å². The van der Waals surface area contributed by atoms with Gasteiger partial charge in [-0.15, -0.1) is 0 Å². The van der Waals surface area contributed by atoms with Crippen LogP contribution in [-0.2, 0) is 6.42 Å². The smallest absolute Gasteiger partial charge is 0.123 e. The molecule has 0 radical (unpaired) electrons. The molecule has 1 heterocycles. The summed E-state index contributed by atoms with van der Waals surface area (Å²) >= 11 is 1.74. The Morgan fingerprint density at radius 1 is 1.21 bits per heavy atom. The molecule has 0 saturated carbocycles. The van der Waals surface area contributed by atoms with Crippen molar-refractivity contribution in [1.82, 2.24) is 5.32 Å². The number of halogens is 1. The van der Waals surface area contributed by atoms with Crippen LogP contribution in [-0.4, -0.2) is 6.54 Å². The van der Waals surface area contributed by atoms with Gasteiger partial charge in [-0.3, -0.25) is 0 Å². The van der Waals surface area contributed by atoms with Crippen LogP contribution in [0.4, 0.5) is 4.39 Å². The zero-order chi connectivity index (χ0) is 13.5. The Balaban J connectivity index is 2.00. The first-order valence-corrected chi connectivity index (χ1v) is 7.74. The molecule has 3 heteroatoms. The minimum Gasteiger partial charge on any atom is -0.310 e. The highest BCUT2D eigenvalue weighted by Crippen LogP contribution is 2.20. The Bertz CT molecular complexity index is 464. The van der Waals surface area contributed by atoms with Gasteiger partial charge < -0.3 is 5.32 Å². The second-order valence-corrected chi connectivity index (χ2v) is 5.51. The van der Waals surface area contributed by atoms with Gasteiger partial charge in [0.05, 0.1) is 0 Å². The molecule has 19 heavy (non-hydrogen) atoms. The van der Waals surface area contributed by atoms with E-state index in [9.17, 15) is 4.39 Å². The van der Waals surface area contributed by atoms with Gasteiger partial charge in [-0.2, -0.15) is 11.3 Å². The number of aryl methyl sites for hydroxylation is 1. The molecule has 2 rings (SSSR count). The van der Waals surface area contributed by atoms with Crippen molar-refractivity contribution in [3.05, 3.63) is 58.0 Å². The van der Waals surface area contributed by atoms with Crippen molar-refractivity contribution in [2.75, 3.05) is 6.54 Å². The van der Waals surface area contributed by atoms with Gasteiger partial charge in [-0.05, 0) is 65.9 Å². The molecule has 1 atom stereocenters. The molecule has 0 bridgehead atoms.